The van der Waals surface area contributed by atoms with Crippen LogP contribution in [0.15, 0.2) is 24.3 Å². The Morgan fingerprint density at radius 2 is 0.964 bits per heavy atom. The van der Waals surface area contributed by atoms with Crippen molar-refractivity contribution in [2.75, 3.05) is 14.2 Å². The van der Waals surface area contributed by atoms with E-state index in [4.69, 9.17) is 9.47 Å². The van der Waals surface area contributed by atoms with Gasteiger partial charge in [0.25, 0.3) is 11.8 Å². The van der Waals surface area contributed by atoms with Crippen LogP contribution in [0.5, 0.6) is 0 Å². The highest BCUT2D eigenvalue weighted by Crippen LogP contribution is 2.10. The predicted molar refractivity (Wildman–Crippen MR) is 103 cm³/mol. The zero-order valence-electron chi connectivity index (χ0n) is 17.1. The smallest absolute Gasteiger partial charge is 0.328 e. The maximum atomic E-state index is 12.4. The summed E-state index contributed by atoms with van der Waals surface area (Å²) in [6.45, 7) is 7.17. The highest BCUT2D eigenvalue weighted by Gasteiger charge is 2.27. The summed E-state index contributed by atoms with van der Waals surface area (Å²) >= 11 is 0. The molecule has 0 aliphatic heterocycles. The second-order valence-electron chi connectivity index (χ2n) is 7.01. The number of esters is 2. The number of hydrogen-bond acceptors (Lipinski definition) is 6. The van der Waals surface area contributed by atoms with Gasteiger partial charge in [0.05, 0.1) is 14.2 Å². The second kappa shape index (κ2) is 10.4. The molecule has 2 atom stereocenters. The summed E-state index contributed by atoms with van der Waals surface area (Å²) in [5.74, 6) is -2.25. The van der Waals surface area contributed by atoms with Crippen molar-refractivity contribution in [3.8, 4) is 0 Å². The number of carbonyl (C=O) groups excluding carboxylic acids is 4. The summed E-state index contributed by atoms with van der Waals surface area (Å²) in [5.41, 5.74) is 0.582. The molecule has 8 nitrogen and oxygen atoms in total. The van der Waals surface area contributed by atoms with Gasteiger partial charge in [-0.2, -0.15) is 0 Å². The number of benzene rings is 1. The number of amides is 2. The summed E-state index contributed by atoms with van der Waals surface area (Å²) in [6, 6.07) is 4.35. The van der Waals surface area contributed by atoms with Crippen LogP contribution in [0.25, 0.3) is 0 Å². The topological polar surface area (TPSA) is 111 Å². The van der Waals surface area contributed by atoms with Crippen molar-refractivity contribution in [2.24, 2.45) is 11.8 Å². The van der Waals surface area contributed by atoms with E-state index in [9.17, 15) is 19.2 Å². The van der Waals surface area contributed by atoms with Gasteiger partial charge in [-0.1, -0.05) is 27.7 Å². The van der Waals surface area contributed by atoms with E-state index in [0.717, 1.165) is 0 Å². The Morgan fingerprint density at radius 3 is 1.18 bits per heavy atom. The molecule has 2 N–H and O–H groups in total. The van der Waals surface area contributed by atoms with Gasteiger partial charge in [-0.3, -0.25) is 9.59 Å². The lowest BCUT2D eigenvalue weighted by molar-refractivity contribution is -0.144. The van der Waals surface area contributed by atoms with E-state index in [1.54, 1.807) is 27.7 Å². The average Bonchev–Trinajstić information content (AvgIpc) is 2.68. The minimum Gasteiger partial charge on any atom is -0.467 e. The van der Waals surface area contributed by atoms with Crippen LogP contribution in [0.3, 0.4) is 0 Å². The van der Waals surface area contributed by atoms with Gasteiger partial charge in [-0.05, 0) is 36.1 Å². The lowest BCUT2D eigenvalue weighted by Gasteiger charge is -2.20. The van der Waals surface area contributed by atoms with Crippen LogP contribution < -0.4 is 10.6 Å². The second-order valence-corrected chi connectivity index (χ2v) is 7.01. The third-order valence-electron chi connectivity index (χ3n) is 4.23. The van der Waals surface area contributed by atoms with Crippen LogP contribution in [-0.4, -0.2) is 50.1 Å². The van der Waals surface area contributed by atoms with Crippen molar-refractivity contribution in [1.82, 2.24) is 10.6 Å². The monoisotopic (exact) mass is 392 g/mol. The number of rotatable bonds is 8. The fraction of sp³-hybridized carbons (Fsp3) is 0.500. The van der Waals surface area contributed by atoms with E-state index in [0.29, 0.717) is 11.1 Å². The fourth-order valence-corrected chi connectivity index (χ4v) is 2.47. The zero-order chi connectivity index (χ0) is 21.4. The molecule has 0 heterocycles. The van der Waals surface area contributed by atoms with Gasteiger partial charge >= 0.3 is 11.9 Å². The van der Waals surface area contributed by atoms with Crippen molar-refractivity contribution < 1.29 is 28.7 Å². The van der Waals surface area contributed by atoms with Gasteiger partial charge < -0.3 is 20.1 Å². The first kappa shape index (κ1) is 23.1. The molecule has 0 radical (unpaired) electrons. The summed E-state index contributed by atoms with van der Waals surface area (Å²) < 4.78 is 9.40. The van der Waals surface area contributed by atoms with Crippen LogP contribution >= 0.6 is 0 Å². The zero-order valence-corrected chi connectivity index (χ0v) is 17.1. The summed E-state index contributed by atoms with van der Waals surface area (Å²) in [5, 5.41) is 5.25. The molecule has 8 heteroatoms. The van der Waals surface area contributed by atoms with Crippen LogP contribution in [0, 0.1) is 11.8 Å². The number of methoxy groups -OCH3 is 2. The average molecular weight is 392 g/mol. The molecule has 0 fully saturated rings. The highest BCUT2D eigenvalue weighted by molar-refractivity contribution is 6.00. The molecule has 2 amide bonds. The molecule has 1 rings (SSSR count). The van der Waals surface area contributed by atoms with E-state index in [-0.39, 0.29) is 11.8 Å². The minimum absolute atomic E-state index is 0.146. The number of nitrogens with one attached hydrogen (secondary N) is 2. The number of ether oxygens (including phenoxy) is 2. The van der Waals surface area contributed by atoms with Gasteiger partial charge in [0.1, 0.15) is 12.1 Å². The van der Waals surface area contributed by atoms with Gasteiger partial charge in [-0.25, -0.2) is 9.59 Å². The number of hydrogen-bond donors (Lipinski definition) is 2. The summed E-state index contributed by atoms with van der Waals surface area (Å²) in [4.78, 5) is 48.3. The molecule has 0 unspecified atom stereocenters. The Bertz CT molecular complexity index is 651. The third kappa shape index (κ3) is 6.07. The first-order valence-electron chi connectivity index (χ1n) is 8.99. The molecule has 1 aromatic rings. The molecular weight excluding hydrogens is 364 g/mol. The van der Waals surface area contributed by atoms with Crippen LogP contribution in [0.4, 0.5) is 0 Å². The predicted octanol–water partition coefficient (Wildman–Crippen LogP) is 1.54. The Morgan fingerprint density at radius 1 is 0.679 bits per heavy atom. The molecule has 28 heavy (non-hydrogen) atoms. The van der Waals surface area contributed by atoms with Crippen molar-refractivity contribution in [3.63, 3.8) is 0 Å². The first-order chi connectivity index (χ1) is 13.1. The number of carbonyl (C=O) groups is 4. The molecule has 154 valence electrons. The minimum atomic E-state index is -0.771. The molecule has 0 spiro atoms. The Labute approximate surface area is 165 Å². The van der Waals surface area contributed by atoms with E-state index >= 15 is 0 Å². The molecule has 0 saturated carbocycles. The van der Waals surface area contributed by atoms with Gasteiger partial charge in [0.2, 0.25) is 0 Å². The summed E-state index contributed by atoms with van der Waals surface area (Å²) in [6.07, 6.45) is 0. The van der Waals surface area contributed by atoms with Gasteiger partial charge in [-0.15, -0.1) is 0 Å². The molecule has 0 aliphatic carbocycles. The Kier molecular flexibility index (Phi) is 8.63. The van der Waals surface area contributed by atoms with Crippen LogP contribution in [-0.2, 0) is 19.1 Å². The maximum absolute atomic E-state index is 12.4. The van der Waals surface area contributed by atoms with E-state index in [1.807, 2.05) is 0 Å². The summed E-state index contributed by atoms with van der Waals surface area (Å²) in [7, 11) is 2.52. The molecule has 1 aromatic carbocycles. The van der Waals surface area contributed by atoms with E-state index < -0.39 is 35.8 Å². The lowest BCUT2D eigenvalue weighted by atomic mass is 10.0. The molecule has 0 aromatic heterocycles. The molecular formula is C20H28N2O6. The lowest BCUT2D eigenvalue weighted by Crippen LogP contribution is -2.45. The Hall–Kier alpha value is -2.90. The molecule has 0 saturated heterocycles. The van der Waals surface area contributed by atoms with Crippen molar-refractivity contribution in [3.05, 3.63) is 35.4 Å². The first-order valence-corrected chi connectivity index (χ1v) is 8.99. The standard InChI is InChI=1S/C20H28N2O6/c1-11(2)15(19(25)27-5)21-17(23)13-7-9-14(10-8-13)18(24)22-16(12(3)4)20(26)28-6/h7-12,15-16H,1-6H3,(H,21,23)(H,22,24)/t15-,16-/m0/s1. The van der Waals surface area contributed by atoms with E-state index in [2.05, 4.69) is 10.6 Å². The maximum Gasteiger partial charge on any atom is 0.328 e. The van der Waals surface area contributed by atoms with Crippen LogP contribution in [0.1, 0.15) is 48.4 Å². The van der Waals surface area contributed by atoms with Crippen molar-refractivity contribution >= 4 is 23.8 Å². The van der Waals surface area contributed by atoms with Crippen molar-refractivity contribution in [2.45, 2.75) is 39.8 Å². The van der Waals surface area contributed by atoms with Crippen LogP contribution in [0.2, 0.25) is 0 Å². The third-order valence-corrected chi connectivity index (χ3v) is 4.23. The Balaban J connectivity index is 2.87. The normalized spacial score (nSPS) is 12.9. The van der Waals surface area contributed by atoms with E-state index in [1.165, 1.54) is 38.5 Å². The molecule has 0 aliphatic rings. The largest absolute Gasteiger partial charge is 0.467 e. The van der Waals surface area contributed by atoms with Gasteiger partial charge in [0, 0.05) is 11.1 Å². The van der Waals surface area contributed by atoms with Crippen molar-refractivity contribution in [1.29, 1.82) is 0 Å². The SMILES string of the molecule is COC(=O)[C@@H](NC(=O)c1ccc(C(=O)N[C@H](C(=O)OC)C(C)C)cc1)C(C)C. The van der Waals surface area contributed by atoms with Gasteiger partial charge in [0.15, 0.2) is 0 Å². The quantitative estimate of drug-likeness (QED) is 0.649. The fourth-order valence-electron chi connectivity index (χ4n) is 2.47. The highest BCUT2D eigenvalue weighted by atomic mass is 16.5. The molecule has 0 bridgehead atoms.